The topological polar surface area (TPSA) is 47.7 Å². The van der Waals surface area contributed by atoms with Crippen molar-refractivity contribution in [3.8, 4) is 11.5 Å². The van der Waals surface area contributed by atoms with Gasteiger partial charge in [-0.1, -0.05) is 26.8 Å². The summed E-state index contributed by atoms with van der Waals surface area (Å²) in [6.07, 6.45) is 0. The minimum atomic E-state index is 0.238. The molecule has 1 aromatic rings. The minimum Gasteiger partial charge on any atom is -0.454 e. The number of hydrogen-bond acceptors (Lipinski definition) is 4. The first-order valence-electron chi connectivity index (χ1n) is 6.99. The van der Waals surface area contributed by atoms with Crippen LogP contribution in [0, 0.1) is 5.92 Å². The quantitative estimate of drug-likeness (QED) is 0.857. The summed E-state index contributed by atoms with van der Waals surface area (Å²) in [5.41, 5.74) is 7.19. The van der Waals surface area contributed by atoms with Crippen LogP contribution in [0.4, 0.5) is 0 Å². The summed E-state index contributed by atoms with van der Waals surface area (Å²) < 4.78 is 10.8. The summed E-state index contributed by atoms with van der Waals surface area (Å²) >= 11 is 0. The van der Waals surface area contributed by atoms with E-state index in [1.54, 1.807) is 0 Å². The summed E-state index contributed by atoms with van der Waals surface area (Å²) in [6, 6.07) is 6.36. The van der Waals surface area contributed by atoms with Crippen LogP contribution < -0.4 is 15.2 Å². The van der Waals surface area contributed by atoms with Crippen LogP contribution in [0.1, 0.15) is 32.4 Å². The molecular weight excluding hydrogens is 240 g/mol. The van der Waals surface area contributed by atoms with Gasteiger partial charge in [0.15, 0.2) is 11.5 Å². The van der Waals surface area contributed by atoms with Crippen molar-refractivity contribution in [3.63, 3.8) is 0 Å². The Labute approximate surface area is 115 Å². The van der Waals surface area contributed by atoms with E-state index in [1.165, 1.54) is 5.56 Å². The zero-order valence-electron chi connectivity index (χ0n) is 12.1. The molecule has 0 aliphatic carbocycles. The van der Waals surface area contributed by atoms with Crippen molar-refractivity contribution in [1.29, 1.82) is 0 Å². The Kier molecular flexibility index (Phi) is 4.66. The molecule has 0 spiro atoms. The Balaban J connectivity index is 2.20. The van der Waals surface area contributed by atoms with Gasteiger partial charge in [-0.05, 0) is 30.2 Å². The van der Waals surface area contributed by atoms with Crippen molar-refractivity contribution in [1.82, 2.24) is 4.90 Å². The molecule has 2 N–H and O–H groups in total. The van der Waals surface area contributed by atoms with Gasteiger partial charge >= 0.3 is 0 Å². The van der Waals surface area contributed by atoms with E-state index in [2.05, 4.69) is 37.8 Å². The van der Waals surface area contributed by atoms with Gasteiger partial charge in [-0.15, -0.1) is 0 Å². The van der Waals surface area contributed by atoms with Gasteiger partial charge in [-0.3, -0.25) is 4.90 Å². The molecule has 1 aromatic carbocycles. The van der Waals surface area contributed by atoms with E-state index in [1.807, 2.05) is 6.07 Å². The van der Waals surface area contributed by atoms with Crippen molar-refractivity contribution >= 4 is 0 Å². The second-order valence-corrected chi connectivity index (χ2v) is 5.35. The van der Waals surface area contributed by atoms with Crippen LogP contribution in [0.5, 0.6) is 11.5 Å². The highest BCUT2D eigenvalue weighted by Crippen LogP contribution is 2.35. The van der Waals surface area contributed by atoms with Crippen molar-refractivity contribution in [2.24, 2.45) is 11.7 Å². The molecular formula is C15H24N2O2. The van der Waals surface area contributed by atoms with Gasteiger partial charge in [0, 0.05) is 19.1 Å². The van der Waals surface area contributed by atoms with E-state index in [4.69, 9.17) is 15.2 Å². The maximum Gasteiger partial charge on any atom is 0.231 e. The van der Waals surface area contributed by atoms with Crippen LogP contribution in [0.3, 0.4) is 0 Å². The molecule has 0 aromatic heterocycles. The highest BCUT2D eigenvalue weighted by atomic mass is 16.7. The molecule has 1 aliphatic heterocycles. The van der Waals surface area contributed by atoms with Gasteiger partial charge in [-0.25, -0.2) is 0 Å². The lowest BCUT2D eigenvalue weighted by Crippen LogP contribution is -2.36. The van der Waals surface area contributed by atoms with E-state index in [0.717, 1.165) is 24.6 Å². The van der Waals surface area contributed by atoms with Crippen molar-refractivity contribution < 1.29 is 9.47 Å². The number of rotatable bonds is 6. The first kappa shape index (κ1) is 14.2. The number of nitrogens with two attached hydrogens (primary N) is 1. The van der Waals surface area contributed by atoms with Crippen LogP contribution >= 0.6 is 0 Å². The van der Waals surface area contributed by atoms with Gasteiger partial charge in [0.1, 0.15) is 0 Å². The summed E-state index contributed by atoms with van der Waals surface area (Å²) in [6.45, 7) is 9.61. The highest BCUT2D eigenvalue weighted by molar-refractivity contribution is 5.45. The number of likely N-dealkylation sites (N-methyl/N-ethyl adjacent to an activating group) is 1. The Hall–Kier alpha value is -1.26. The lowest BCUT2D eigenvalue weighted by Gasteiger charge is -2.31. The van der Waals surface area contributed by atoms with E-state index < -0.39 is 0 Å². The standard InChI is InChI=1S/C15H24N2O2/c1-4-17(9-11(2)3)13(8-16)12-5-6-14-15(7-12)19-10-18-14/h5-7,11,13H,4,8-10,16H2,1-3H3. The largest absolute Gasteiger partial charge is 0.454 e. The van der Waals surface area contributed by atoms with Crippen LogP contribution in [-0.4, -0.2) is 31.3 Å². The molecule has 1 atom stereocenters. The molecule has 2 rings (SSSR count). The van der Waals surface area contributed by atoms with E-state index in [9.17, 15) is 0 Å². The molecule has 0 radical (unpaired) electrons. The normalized spacial score (nSPS) is 15.3. The van der Waals surface area contributed by atoms with Gasteiger partial charge in [0.2, 0.25) is 6.79 Å². The first-order chi connectivity index (χ1) is 9.15. The summed E-state index contributed by atoms with van der Waals surface area (Å²) in [5, 5.41) is 0. The SMILES string of the molecule is CCN(CC(C)C)C(CN)c1ccc2c(c1)OCO2. The fourth-order valence-corrected chi connectivity index (χ4v) is 2.56. The third-order valence-corrected chi connectivity index (χ3v) is 3.45. The predicted molar refractivity (Wildman–Crippen MR) is 76.4 cm³/mol. The first-order valence-corrected chi connectivity index (χ1v) is 6.99. The third-order valence-electron chi connectivity index (χ3n) is 3.45. The molecule has 0 saturated carbocycles. The zero-order valence-corrected chi connectivity index (χ0v) is 12.1. The van der Waals surface area contributed by atoms with Crippen LogP contribution in [0.2, 0.25) is 0 Å². The molecule has 1 heterocycles. The highest BCUT2D eigenvalue weighted by Gasteiger charge is 2.21. The Morgan fingerprint density at radius 2 is 2.00 bits per heavy atom. The van der Waals surface area contributed by atoms with Crippen molar-refractivity contribution in [2.45, 2.75) is 26.8 Å². The molecule has 1 aliphatic rings. The lowest BCUT2D eigenvalue weighted by molar-refractivity contribution is 0.173. The minimum absolute atomic E-state index is 0.238. The molecule has 19 heavy (non-hydrogen) atoms. The monoisotopic (exact) mass is 264 g/mol. The number of benzene rings is 1. The maximum absolute atomic E-state index is 5.99. The maximum atomic E-state index is 5.99. The fourth-order valence-electron chi connectivity index (χ4n) is 2.56. The summed E-state index contributed by atoms with van der Waals surface area (Å²) in [5.74, 6) is 2.28. The van der Waals surface area contributed by atoms with E-state index >= 15 is 0 Å². The average Bonchev–Trinajstić information content (AvgIpc) is 2.85. The van der Waals surface area contributed by atoms with Gasteiger partial charge < -0.3 is 15.2 Å². The molecule has 4 nitrogen and oxygen atoms in total. The Bertz CT molecular complexity index is 421. The Morgan fingerprint density at radius 1 is 1.26 bits per heavy atom. The summed E-state index contributed by atoms with van der Waals surface area (Å²) in [4.78, 5) is 2.42. The summed E-state index contributed by atoms with van der Waals surface area (Å²) in [7, 11) is 0. The van der Waals surface area contributed by atoms with Crippen molar-refractivity contribution in [2.75, 3.05) is 26.4 Å². The molecule has 0 bridgehead atoms. The van der Waals surface area contributed by atoms with Gasteiger partial charge in [-0.2, -0.15) is 0 Å². The van der Waals surface area contributed by atoms with Crippen LogP contribution in [0.25, 0.3) is 0 Å². The second-order valence-electron chi connectivity index (χ2n) is 5.35. The molecule has 1 unspecified atom stereocenters. The predicted octanol–water partition coefficient (Wildman–Crippen LogP) is 2.39. The number of fused-ring (bicyclic) bond motifs is 1. The average molecular weight is 264 g/mol. The van der Waals surface area contributed by atoms with Crippen LogP contribution in [0.15, 0.2) is 18.2 Å². The molecule has 4 heteroatoms. The molecule has 0 fully saturated rings. The van der Waals surface area contributed by atoms with Gasteiger partial charge in [0.05, 0.1) is 0 Å². The van der Waals surface area contributed by atoms with E-state index in [0.29, 0.717) is 19.3 Å². The number of nitrogens with zero attached hydrogens (tertiary/aromatic N) is 1. The fraction of sp³-hybridized carbons (Fsp3) is 0.600. The smallest absolute Gasteiger partial charge is 0.231 e. The zero-order chi connectivity index (χ0) is 13.8. The van der Waals surface area contributed by atoms with Gasteiger partial charge in [0.25, 0.3) is 0 Å². The van der Waals surface area contributed by atoms with E-state index in [-0.39, 0.29) is 6.04 Å². The Morgan fingerprint density at radius 3 is 2.63 bits per heavy atom. The van der Waals surface area contributed by atoms with Crippen LogP contribution in [-0.2, 0) is 0 Å². The molecule has 0 saturated heterocycles. The number of hydrogen-bond donors (Lipinski definition) is 1. The third kappa shape index (κ3) is 3.19. The molecule has 0 amide bonds. The second kappa shape index (κ2) is 6.26. The lowest BCUT2D eigenvalue weighted by atomic mass is 10.0. The van der Waals surface area contributed by atoms with Crippen molar-refractivity contribution in [3.05, 3.63) is 23.8 Å². The number of ether oxygens (including phenoxy) is 2. The molecule has 106 valence electrons.